The first-order valence-electron chi connectivity index (χ1n) is 6.38. The summed E-state index contributed by atoms with van der Waals surface area (Å²) in [6.45, 7) is 1.42. The molecule has 0 aliphatic carbocycles. The zero-order valence-electron chi connectivity index (χ0n) is 11.4. The third kappa shape index (κ3) is 2.51. The highest BCUT2D eigenvalue weighted by Crippen LogP contribution is 2.29. The molecule has 0 fully saturated rings. The summed E-state index contributed by atoms with van der Waals surface area (Å²) in [5, 5.41) is 9.70. The molecule has 3 aromatic rings. The highest BCUT2D eigenvalue weighted by molar-refractivity contribution is 6.28. The summed E-state index contributed by atoms with van der Waals surface area (Å²) >= 11 is 5.67. The van der Waals surface area contributed by atoms with Crippen molar-refractivity contribution in [3.8, 4) is 11.3 Å². The van der Waals surface area contributed by atoms with Gasteiger partial charge in [0.1, 0.15) is 17.0 Å². The van der Waals surface area contributed by atoms with Gasteiger partial charge in [0.2, 0.25) is 5.28 Å². The molecule has 0 radical (unpaired) electrons. The van der Waals surface area contributed by atoms with Crippen molar-refractivity contribution in [1.82, 2.24) is 15.0 Å². The minimum Gasteiger partial charge on any atom is -0.392 e. The molecule has 3 rings (SSSR count). The molecule has 7 heteroatoms. The maximum Gasteiger partial charge on any atom is 0.223 e. The summed E-state index contributed by atoms with van der Waals surface area (Å²) in [4.78, 5) is 11.4. The zero-order valence-corrected chi connectivity index (χ0v) is 12.2. The van der Waals surface area contributed by atoms with Crippen LogP contribution in [-0.4, -0.2) is 20.1 Å². The Morgan fingerprint density at radius 3 is 2.64 bits per heavy atom. The number of aromatic nitrogens is 3. The summed E-state index contributed by atoms with van der Waals surface area (Å²) in [5.41, 5.74) is 1.30. The Kier molecular flexibility index (Phi) is 3.72. The van der Waals surface area contributed by atoms with E-state index in [4.69, 9.17) is 11.6 Å². The Morgan fingerprint density at radius 1 is 1.14 bits per heavy atom. The number of aliphatic hydroxyl groups excluding tert-OH is 1. The van der Waals surface area contributed by atoms with Gasteiger partial charge in [-0.2, -0.15) is 0 Å². The van der Waals surface area contributed by atoms with E-state index in [2.05, 4.69) is 15.0 Å². The highest BCUT2D eigenvalue weighted by atomic mass is 35.5. The van der Waals surface area contributed by atoms with E-state index in [0.717, 1.165) is 12.3 Å². The van der Waals surface area contributed by atoms with Gasteiger partial charge in [0.05, 0.1) is 12.8 Å². The second-order valence-electron chi connectivity index (χ2n) is 4.77. The van der Waals surface area contributed by atoms with E-state index in [9.17, 15) is 13.9 Å². The third-order valence-electron chi connectivity index (χ3n) is 3.24. The van der Waals surface area contributed by atoms with Crippen molar-refractivity contribution < 1.29 is 13.9 Å². The first-order chi connectivity index (χ1) is 10.5. The van der Waals surface area contributed by atoms with Gasteiger partial charge in [-0.3, -0.25) is 4.98 Å². The summed E-state index contributed by atoms with van der Waals surface area (Å²) in [7, 11) is 0. The van der Waals surface area contributed by atoms with Crippen LogP contribution >= 0.6 is 11.6 Å². The van der Waals surface area contributed by atoms with Crippen LogP contribution in [0.4, 0.5) is 8.78 Å². The van der Waals surface area contributed by atoms with Crippen molar-refractivity contribution in [1.29, 1.82) is 0 Å². The fourth-order valence-corrected chi connectivity index (χ4v) is 2.44. The molecule has 0 amide bonds. The Balaban J connectivity index is 2.33. The van der Waals surface area contributed by atoms with Gasteiger partial charge in [0.15, 0.2) is 5.82 Å². The molecule has 0 atom stereocenters. The van der Waals surface area contributed by atoms with Crippen molar-refractivity contribution in [3.05, 3.63) is 52.6 Å². The first-order valence-corrected chi connectivity index (χ1v) is 6.76. The van der Waals surface area contributed by atoms with Crippen molar-refractivity contribution in [2.45, 2.75) is 13.5 Å². The minimum absolute atomic E-state index is 0.106. The fraction of sp³-hybridized carbons (Fsp3) is 0.133. The van der Waals surface area contributed by atoms with Gasteiger partial charge in [0, 0.05) is 16.6 Å². The van der Waals surface area contributed by atoms with Crippen molar-refractivity contribution >= 4 is 22.5 Å². The number of nitrogens with zero attached hydrogens (tertiary/aromatic N) is 3. The van der Waals surface area contributed by atoms with Gasteiger partial charge in [0.25, 0.3) is 0 Å². The van der Waals surface area contributed by atoms with Crippen molar-refractivity contribution in [2.24, 2.45) is 0 Å². The smallest absolute Gasteiger partial charge is 0.223 e. The molecule has 0 unspecified atom stereocenters. The SMILES string of the molecule is Cc1cc(CO)c2cc(-c3nc(Cl)ncc3F)cc(F)c2n1. The predicted octanol–water partition coefficient (Wildman–Crippen LogP) is 3.42. The van der Waals surface area contributed by atoms with Gasteiger partial charge in [-0.05, 0) is 42.3 Å². The maximum absolute atomic E-state index is 14.3. The van der Waals surface area contributed by atoms with Crippen LogP contribution < -0.4 is 0 Å². The van der Waals surface area contributed by atoms with Gasteiger partial charge in [-0.1, -0.05) is 0 Å². The van der Waals surface area contributed by atoms with Crippen molar-refractivity contribution in [2.75, 3.05) is 0 Å². The van der Waals surface area contributed by atoms with E-state index in [1.807, 2.05) is 0 Å². The number of aliphatic hydroxyl groups is 1. The lowest BCUT2D eigenvalue weighted by molar-refractivity contribution is 0.283. The monoisotopic (exact) mass is 321 g/mol. The van der Waals surface area contributed by atoms with Crippen molar-refractivity contribution in [3.63, 3.8) is 0 Å². The molecule has 2 heterocycles. The molecule has 112 valence electrons. The van der Waals surface area contributed by atoms with Gasteiger partial charge in [-0.25, -0.2) is 18.7 Å². The van der Waals surface area contributed by atoms with E-state index in [1.54, 1.807) is 13.0 Å². The van der Waals surface area contributed by atoms with Gasteiger partial charge in [-0.15, -0.1) is 0 Å². The third-order valence-corrected chi connectivity index (χ3v) is 3.42. The number of rotatable bonds is 2. The van der Waals surface area contributed by atoms with Crippen LogP contribution in [0.3, 0.4) is 0 Å². The zero-order chi connectivity index (χ0) is 15.9. The highest BCUT2D eigenvalue weighted by Gasteiger charge is 2.15. The Hall–Kier alpha value is -2.18. The molecule has 0 aliphatic rings. The molecule has 4 nitrogen and oxygen atoms in total. The van der Waals surface area contributed by atoms with Crippen LogP contribution in [0.5, 0.6) is 0 Å². The molecule has 0 bridgehead atoms. The maximum atomic E-state index is 14.3. The van der Waals surface area contributed by atoms with Crippen LogP contribution in [0.2, 0.25) is 5.28 Å². The topological polar surface area (TPSA) is 58.9 Å². The van der Waals surface area contributed by atoms with Crippen LogP contribution in [0.15, 0.2) is 24.4 Å². The van der Waals surface area contributed by atoms with E-state index in [0.29, 0.717) is 16.6 Å². The molecule has 0 aliphatic heterocycles. The number of fused-ring (bicyclic) bond motifs is 1. The number of pyridine rings is 1. The number of hydrogen-bond acceptors (Lipinski definition) is 4. The van der Waals surface area contributed by atoms with E-state index < -0.39 is 11.6 Å². The molecular formula is C15H10ClF2N3O. The molecule has 2 aromatic heterocycles. The predicted molar refractivity (Wildman–Crippen MR) is 78.4 cm³/mol. The standard InChI is InChI=1S/C15H10ClF2N3O/c1-7-2-9(6-22)10-3-8(4-11(17)14(10)20-7)13-12(18)5-19-15(16)21-13/h2-5,22H,6H2,1H3. The molecule has 0 saturated heterocycles. The lowest BCUT2D eigenvalue weighted by Crippen LogP contribution is -1.98. The number of benzene rings is 1. The summed E-state index contributed by atoms with van der Waals surface area (Å²) < 4.78 is 28.2. The first kappa shape index (κ1) is 14.7. The lowest BCUT2D eigenvalue weighted by Gasteiger charge is -2.09. The molecule has 1 N–H and O–H groups in total. The second kappa shape index (κ2) is 5.55. The van der Waals surface area contributed by atoms with Crippen LogP contribution in [0.1, 0.15) is 11.3 Å². The molecule has 0 saturated carbocycles. The molecule has 1 aromatic carbocycles. The van der Waals surface area contributed by atoms with Crippen LogP contribution in [-0.2, 0) is 6.61 Å². The summed E-state index contributed by atoms with van der Waals surface area (Å²) in [6, 6.07) is 4.31. The molecule has 22 heavy (non-hydrogen) atoms. The normalized spacial score (nSPS) is 11.1. The summed E-state index contributed by atoms with van der Waals surface area (Å²) in [5.74, 6) is -1.34. The largest absolute Gasteiger partial charge is 0.392 e. The van der Waals surface area contributed by atoms with Crippen LogP contribution in [0.25, 0.3) is 22.2 Å². The quantitative estimate of drug-likeness (QED) is 0.735. The Morgan fingerprint density at radius 2 is 1.91 bits per heavy atom. The summed E-state index contributed by atoms with van der Waals surface area (Å²) in [6.07, 6.45) is 0.924. The Bertz CT molecular complexity index is 886. The van der Waals surface area contributed by atoms with E-state index >= 15 is 0 Å². The second-order valence-corrected chi connectivity index (χ2v) is 5.11. The van der Waals surface area contributed by atoms with Gasteiger partial charge >= 0.3 is 0 Å². The average Bonchev–Trinajstić information content (AvgIpc) is 2.49. The molecule has 0 spiro atoms. The fourth-order valence-electron chi connectivity index (χ4n) is 2.31. The van der Waals surface area contributed by atoms with Gasteiger partial charge < -0.3 is 5.11 Å². The van der Waals surface area contributed by atoms with Crippen LogP contribution in [0, 0.1) is 18.6 Å². The number of halogens is 3. The van der Waals surface area contributed by atoms with E-state index in [1.165, 1.54) is 6.07 Å². The number of aryl methyl sites for hydroxylation is 1. The van der Waals surface area contributed by atoms with E-state index in [-0.39, 0.29) is 28.7 Å². The number of hydrogen-bond donors (Lipinski definition) is 1. The molecular weight excluding hydrogens is 312 g/mol. The average molecular weight is 322 g/mol. The minimum atomic E-state index is -0.714. The Labute approximate surface area is 129 Å². The lowest BCUT2D eigenvalue weighted by atomic mass is 10.0.